The average Bonchev–Trinajstić information content (AvgIpc) is 3.46. The fourth-order valence-electron chi connectivity index (χ4n) is 2.65. The van der Waals surface area contributed by atoms with Crippen molar-refractivity contribution in [1.82, 2.24) is 24.6 Å². The first-order chi connectivity index (χ1) is 11.3. The van der Waals surface area contributed by atoms with Crippen LogP contribution in [-0.4, -0.2) is 30.7 Å². The van der Waals surface area contributed by atoms with Crippen LogP contribution in [-0.2, 0) is 0 Å². The Labute approximate surface area is 141 Å². The van der Waals surface area contributed by atoms with Crippen molar-refractivity contribution in [2.45, 2.75) is 37.7 Å². The first-order valence-electron chi connectivity index (χ1n) is 7.81. The molecule has 0 aromatic carbocycles. The standard InChI is InChI=1S/C16H14BrN5O/c17-14-8-18-6-11(20-14)12-7-19-15-5-13(23-10-3-4-10)16(9-1-2-9)21-22(12)15/h5-10H,1-4H2. The summed E-state index contributed by atoms with van der Waals surface area (Å²) in [6.07, 6.45) is 10.2. The van der Waals surface area contributed by atoms with Crippen LogP contribution in [0.2, 0.25) is 0 Å². The maximum absolute atomic E-state index is 6.05. The lowest BCUT2D eigenvalue weighted by Gasteiger charge is -2.10. The highest BCUT2D eigenvalue weighted by molar-refractivity contribution is 9.10. The van der Waals surface area contributed by atoms with Crippen LogP contribution < -0.4 is 4.74 Å². The molecule has 116 valence electrons. The molecule has 2 aliphatic rings. The van der Waals surface area contributed by atoms with Crippen LogP contribution in [0.25, 0.3) is 17.0 Å². The third-order valence-corrected chi connectivity index (χ3v) is 4.52. The second kappa shape index (κ2) is 4.99. The Bertz CT molecular complexity index is 901. The number of imidazole rings is 1. The second-order valence-corrected chi connectivity index (χ2v) is 6.94. The summed E-state index contributed by atoms with van der Waals surface area (Å²) in [5, 5.41) is 4.83. The molecule has 23 heavy (non-hydrogen) atoms. The molecule has 2 saturated carbocycles. The monoisotopic (exact) mass is 371 g/mol. The number of halogens is 1. The lowest BCUT2D eigenvalue weighted by atomic mass is 10.2. The van der Waals surface area contributed by atoms with Gasteiger partial charge in [0.25, 0.3) is 0 Å². The number of rotatable bonds is 4. The summed E-state index contributed by atoms with van der Waals surface area (Å²) in [5.74, 6) is 1.41. The van der Waals surface area contributed by atoms with E-state index in [0.29, 0.717) is 16.6 Å². The van der Waals surface area contributed by atoms with Crippen LogP contribution in [0.1, 0.15) is 37.3 Å². The summed E-state index contributed by atoms with van der Waals surface area (Å²) in [6.45, 7) is 0. The fourth-order valence-corrected chi connectivity index (χ4v) is 2.96. The quantitative estimate of drug-likeness (QED) is 0.703. The summed E-state index contributed by atoms with van der Waals surface area (Å²) >= 11 is 3.36. The molecule has 7 heteroatoms. The Kier molecular flexibility index (Phi) is 2.91. The average molecular weight is 372 g/mol. The van der Waals surface area contributed by atoms with Crippen LogP contribution in [0.15, 0.2) is 29.3 Å². The summed E-state index contributed by atoms with van der Waals surface area (Å²) < 4.78 is 8.60. The summed E-state index contributed by atoms with van der Waals surface area (Å²) in [6, 6.07) is 2.01. The van der Waals surface area contributed by atoms with E-state index in [1.54, 1.807) is 18.6 Å². The van der Waals surface area contributed by atoms with E-state index in [1.165, 1.54) is 12.8 Å². The molecule has 0 saturated heterocycles. The van der Waals surface area contributed by atoms with E-state index in [-0.39, 0.29) is 0 Å². The molecule has 3 aromatic heterocycles. The second-order valence-electron chi connectivity index (χ2n) is 6.13. The molecular weight excluding hydrogens is 358 g/mol. The number of hydrogen-bond donors (Lipinski definition) is 0. The van der Waals surface area contributed by atoms with Gasteiger partial charge in [-0.2, -0.15) is 5.10 Å². The Morgan fingerprint density at radius 3 is 2.74 bits per heavy atom. The maximum Gasteiger partial charge on any atom is 0.157 e. The summed E-state index contributed by atoms with van der Waals surface area (Å²) in [5.41, 5.74) is 3.42. The molecule has 3 heterocycles. The molecule has 0 bridgehead atoms. The fraction of sp³-hybridized carbons (Fsp3) is 0.375. The van der Waals surface area contributed by atoms with Gasteiger partial charge in [0.05, 0.1) is 24.7 Å². The van der Waals surface area contributed by atoms with Crippen LogP contribution >= 0.6 is 15.9 Å². The molecule has 0 spiro atoms. The minimum absolute atomic E-state index is 0.363. The van der Waals surface area contributed by atoms with E-state index in [0.717, 1.165) is 41.3 Å². The molecule has 2 aliphatic carbocycles. The highest BCUT2D eigenvalue weighted by atomic mass is 79.9. The van der Waals surface area contributed by atoms with Crippen molar-refractivity contribution in [1.29, 1.82) is 0 Å². The van der Waals surface area contributed by atoms with Crippen LogP contribution in [0, 0.1) is 0 Å². The van der Waals surface area contributed by atoms with Gasteiger partial charge in [-0.1, -0.05) is 0 Å². The van der Waals surface area contributed by atoms with Gasteiger partial charge in [0, 0.05) is 12.0 Å². The number of nitrogens with zero attached hydrogens (tertiary/aromatic N) is 5. The van der Waals surface area contributed by atoms with Gasteiger partial charge in [0.2, 0.25) is 0 Å². The normalized spacial score (nSPS) is 17.6. The molecule has 0 amide bonds. The van der Waals surface area contributed by atoms with Crippen molar-refractivity contribution in [3.05, 3.63) is 35.0 Å². The van der Waals surface area contributed by atoms with Crippen LogP contribution in [0.5, 0.6) is 5.75 Å². The van der Waals surface area contributed by atoms with Gasteiger partial charge in [-0.25, -0.2) is 14.5 Å². The van der Waals surface area contributed by atoms with Crippen LogP contribution in [0.3, 0.4) is 0 Å². The van der Waals surface area contributed by atoms with Gasteiger partial charge in [-0.05, 0) is 41.6 Å². The zero-order valence-corrected chi connectivity index (χ0v) is 13.9. The largest absolute Gasteiger partial charge is 0.488 e. The Morgan fingerprint density at radius 1 is 1.13 bits per heavy atom. The Morgan fingerprint density at radius 2 is 2.00 bits per heavy atom. The topological polar surface area (TPSA) is 65.2 Å². The lowest BCUT2D eigenvalue weighted by molar-refractivity contribution is 0.297. The van der Waals surface area contributed by atoms with Gasteiger partial charge in [0.15, 0.2) is 5.65 Å². The van der Waals surface area contributed by atoms with Gasteiger partial charge in [0.1, 0.15) is 27.4 Å². The van der Waals surface area contributed by atoms with E-state index in [2.05, 4.69) is 30.9 Å². The summed E-state index contributed by atoms with van der Waals surface area (Å²) in [7, 11) is 0. The van der Waals surface area contributed by atoms with Crippen molar-refractivity contribution in [3.8, 4) is 17.1 Å². The highest BCUT2D eigenvalue weighted by Gasteiger charge is 2.32. The number of fused-ring (bicyclic) bond motifs is 1. The third-order valence-electron chi connectivity index (χ3n) is 4.13. The zero-order valence-electron chi connectivity index (χ0n) is 12.3. The zero-order chi connectivity index (χ0) is 15.4. The first kappa shape index (κ1) is 13.4. The third kappa shape index (κ3) is 2.49. The van der Waals surface area contributed by atoms with Gasteiger partial charge in [-0.3, -0.25) is 4.98 Å². The van der Waals surface area contributed by atoms with Gasteiger partial charge in [-0.15, -0.1) is 0 Å². The molecular formula is C16H14BrN5O. The molecule has 6 nitrogen and oxygen atoms in total. The molecule has 0 aliphatic heterocycles. The maximum atomic E-state index is 6.05. The molecule has 5 rings (SSSR count). The lowest BCUT2D eigenvalue weighted by Crippen LogP contribution is -2.06. The van der Waals surface area contributed by atoms with E-state index in [9.17, 15) is 0 Å². The van der Waals surface area contributed by atoms with Crippen molar-refractivity contribution >= 4 is 21.6 Å². The molecule has 0 atom stereocenters. The van der Waals surface area contributed by atoms with Crippen molar-refractivity contribution < 1.29 is 4.74 Å². The number of ether oxygens (including phenoxy) is 1. The molecule has 0 radical (unpaired) electrons. The number of aromatic nitrogens is 5. The molecule has 0 N–H and O–H groups in total. The smallest absolute Gasteiger partial charge is 0.157 e. The minimum Gasteiger partial charge on any atom is -0.488 e. The van der Waals surface area contributed by atoms with Crippen LogP contribution in [0.4, 0.5) is 0 Å². The predicted octanol–water partition coefficient (Wildman–Crippen LogP) is 3.37. The van der Waals surface area contributed by atoms with Gasteiger partial charge >= 0.3 is 0 Å². The van der Waals surface area contributed by atoms with E-state index in [1.807, 2.05) is 10.6 Å². The minimum atomic E-state index is 0.363. The molecule has 0 unspecified atom stereocenters. The molecule has 2 fully saturated rings. The first-order valence-corrected chi connectivity index (χ1v) is 8.60. The molecule has 3 aromatic rings. The Hall–Kier alpha value is -2.02. The number of hydrogen-bond acceptors (Lipinski definition) is 5. The SMILES string of the molecule is Brc1cncc(-c2cnc3cc(OC4CC4)c(C4CC4)nn23)n1. The van der Waals surface area contributed by atoms with Crippen molar-refractivity contribution in [3.63, 3.8) is 0 Å². The van der Waals surface area contributed by atoms with E-state index >= 15 is 0 Å². The van der Waals surface area contributed by atoms with Crippen molar-refractivity contribution in [2.75, 3.05) is 0 Å². The van der Waals surface area contributed by atoms with Crippen molar-refractivity contribution in [2.24, 2.45) is 0 Å². The van der Waals surface area contributed by atoms with E-state index in [4.69, 9.17) is 9.84 Å². The predicted molar refractivity (Wildman–Crippen MR) is 87.3 cm³/mol. The van der Waals surface area contributed by atoms with E-state index < -0.39 is 0 Å². The Balaban J connectivity index is 1.66. The summed E-state index contributed by atoms with van der Waals surface area (Å²) in [4.78, 5) is 13.1. The van der Waals surface area contributed by atoms with Gasteiger partial charge < -0.3 is 4.74 Å². The highest BCUT2D eigenvalue weighted by Crippen LogP contribution is 2.44.